The Kier molecular flexibility index (Phi) is 7.11. The van der Waals surface area contributed by atoms with E-state index in [2.05, 4.69) is 0 Å². The molecule has 0 heterocycles. The van der Waals surface area contributed by atoms with Crippen LogP contribution in [-0.4, -0.2) is 26.9 Å². The van der Waals surface area contributed by atoms with E-state index in [1.807, 2.05) is 84.9 Å². The lowest BCUT2D eigenvalue weighted by Crippen LogP contribution is -2.27. The Labute approximate surface area is 171 Å². The lowest BCUT2D eigenvalue weighted by Gasteiger charge is -2.21. The van der Waals surface area contributed by atoms with Crippen LogP contribution in [0.15, 0.2) is 84.9 Å². The van der Waals surface area contributed by atoms with Crippen LogP contribution in [0.5, 0.6) is 11.5 Å². The first kappa shape index (κ1) is 20.3. The van der Waals surface area contributed by atoms with Gasteiger partial charge in [0.2, 0.25) is 0 Å². The monoisotopic (exact) mass is 391 g/mol. The maximum absolute atomic E-state index is 12.3. The zero-order valence-electron chi connectivity index (χ0n) is 16.7. The number of nitrogens with zero attached hydrogens (tertiary/aromatic N) is 1. The Hall–Kier alpha value is -3.47. The number of benzene rings is 3. The van der Waals surface area contributed by atoms with Crippen molar-refractivity contribution in [2.75, 3.05) is 25.7 Å². The number of amides is 1. The van der Waals surface area contributed by atoms with Gasteiger partial charge in [-0.15, -0.1) is 0 Å². The van der Waals surface area contributed by atoms with Crippen molar-refractivity contribution in [2.45, 2.75) is 12.5 Å². The third-order valence-corrected chi connectivity index (χ3v) is 4.53. The van der Waals surface area contributed by atoms with Crippen molar-refractivity contribution in [3.8, 4) is 11.5 Å². The van der Waals surface area contributed by atoms with E-state index in [1.54, 1.807) is 14.2 Å². The molecular formula is C24H25NO4. The van der Waals surface area contributed by atoms with Crippen LogP contribution in [0.1, 0.15) is 18.1 Å². The molecule has 0 aromatic heterocycles. The van der Waals surface area contributed by atoms with Crippen molar-refractivity contribution in [1.82, 2.24) is 0 Å². The van der Waals surface area contributed by atoms with Gasteiger partial charge in [-0.1, -0.05) is 48.5 Å². The fraction of sp³-hybridized carbons (Fsp3) is 0.208. The quantitative estimate of drug-likeness (QED) is 0.510. The number of carbonyl (C=O) groups is 1. The van der Waals surface area contributed by atoms with Crippen molar-refractivity contribution < 1.29 is 19.0 Å². The number of rotatable bonds is 8. The molecule has 0 saturated carbocycles. The molecular weight excluding hydrogens is 366 g/mol. The zero-order valence-corrected chi connectivity index (χ0v) is 16.7. The van der Waals surface area contributed by atoms with E-state index in [-0.39, 0.29) is 12.7 Å². The van der Waals surface area contributed by atoms with Gasteiger partial charge in [0.15, 0.2) is 0 Å². The van der Waals surface area contributed by atoms with Crippen LogP contribution < -0.4 is 14.4 Å². The van der Waals surface area contributed by atoms with Crippen LogP contribution in [0.25, 0.3) is 0 Å². The molecule has 5 heteroatoms. The van der Waals surface area contributed by atoms with E-state index in [0.717, 1.165) is 22.7 Å². The molecule has 0 bridgehead atoms. The average molecular weight is 391 g/mol. The lowest BCUT2D eigenvalue weighted by atomic mass is 10.1. The molecule has 0 aliphatic carbocycles. The molecule has 0 fully saturated rings. The van der Waals surface area contributed by atoms with E-state index in [0.29, 0.717) is 6.42 Å². The second kappa shape index (κ2) is 10.2. The van der Waals surface area contributed by atoms with Crippen molar-refractivity contribution in [3.05, 3.63) is 90.5 Å². The topological polar surface area (TPSA) is 48.0 Å². The van der Waals surface area contributed by atoms with Crippen molar-refractivity contribution in [2.24, 2.45) is 0 Å². The molecule has 0 N–H and O–H groups in total. The minimum atomic E-state index is -0.396. The summed E-state index contributed by atoms with van der Waals surface area (Å²) in [6, 6.07) is 26.7. The smallest absolute Gasteiger partial charge is 0.414 e. The van der Waals surface area contributed by atoms with Crippen molar-refractivity contribution in [3.63, 3.8) is 0 Å². The third-order valence-electron chi connectivity index (χ3n) is 4.53. The molecule has 3 aromatic carbocycles. The molecule has 150 valence electrons. The van der Waals surface area contributed by atoms with Gasteiger partial charge >= 0.3 is 6.09 Å². The van der Waals surface area contributed by atoms with Crippen LogP contribution in [0.2, 0.25) is 0 Å². The highest BCUT2D eigenvalue weighted by molar-refractivity contribution is 5.86. The van der Waals surface area contributed by atoms with Crippen LogP contribution >= 0.6 is 0 Å². The summed E-state index contributed by atoms with van der Waals surface area (Å²) >= 11 is 0. The summed E-state index contributed by atoms with van der Waals surface area (Å²) in [7, 11) is 3.32. The number of anilines is 1. The minimum Gasteiger partial charge on any atom is -0.497 e. The summed E-state index contributed by atoms with van der Waals surface area (Å²) in [4.78, 5) is 13.8. The number of methoxy groups -OCH3 is 1. The van der Waals surface area contributed by atoms with Gasteiger partial charge in [0.1, 0.15) is 17.6 Å². The number of carbonyl (C=O) groups excluding carboxylic acids is 1. The van der Waals surface area contributed by atoms with Crippen LogP contribution in [0, 0.1) is 0 Å². The van der Waals surface area contributed by atoms with Crippen LogP contribution in [0.4, 0.5) is 10.5 Å². The van der Waals surface area contributed by atoms with Gasteiger partial charge in [0, 0.05) is 19.2 Å². The number of hydrogen-bond donors (Lipinski definition) is 0. The highest BCUT2D eigenvalue weighted by Crippen LogP contribution is 2.26. The van der Waals surface area contributed by atoms with Crippen LogP contribution in [0.3, 0.4) is 0 Å². The molecule has 3 aromatic rings. The summed E-state index contributed by atoms with van der Waals surface area (Å²) < 4.78 is 16.8. The lowest BCUT2D eigenvalue weighted by molar-refractivity contribution is 0.121. The SMILES string of the molecule is COc1ccc(OC(CCOC(=O)N(C)c2ccccc2)c2ccccc2)cc1. The maximum atomic E-state index is 12.3. The van der Waals surface area contributed by atoms with Crippen molar-refractivity contribution >= 4 is 11.8 Å². The highest BCUT2D eigenvalue weighted by Gasteiger charge is 2.17. The van der Waals surface area contributed by atoms with E-state index >= 15 is 0 Å². The predicted molar refractivity (Wildman–Crippen MR) is 114 cm³/mol. The fourth-order valence-electron chi connectivity index (χ4n) is 2.89. The Morgan fingerprint density at radius 2 is 1.45 bits per heavy atom. The minimum absolute atomic E-state index is 0.237. The van der Waals surface area contributed by atoms with E-state index in [4.69, 9.17) is 14.2 Å². The average Bonchev–Trinajstić information content (AvgIpc) is 2.79. The standard InChI is InChI=1S/C24H25NO4/c1-25(20-11-7-4-8-12-20)24(26)28-18-17-23(19-9-5-3-6-10-19)29-22-15-13-21(27-2)14-16-22/h3-16,23H,17-18H2,1-2H3. The van der Waals surface area contributed by atoms with Gasteiger partial charge in [-0.2, -0.15) is 0 Å². The summed E-state index contributed by atoms with van der Waals surface area (Å²) in [5, 5.41) is 0. The summed E-state index contributed by atoms with van der Waals surface area (Å²) in [5.41, 5.74) is 1.81. The second-order valence-corrected chi connectivity index (χ2v) is 6.49. The summed E-state index contributed by atoms with van der Waals surface area (Å²) in [6.45, 7) is 0.242. The van der Waals surface area contributed by atoms with Crippen LogP contribution in [-0.2, 0) is 4.74 Å². The molecule has 0 aliphatic heterocycles. The third kappa shape index (κ3) is 5.75. The molecule has 1 amide bonds. The van der Waals surface area contributed by atoms with Gasteiger partial charge in [-0.05, 0) is 42.0 Å². The maximum Gasteiger partial charge on any atom is 0.414 e. The Balaban J connectivity index is 1.62. The summed E-state index contributed by atoms with van der Waals surface area (Å²) in [6.07, 6.45) is -0.100. The second-order valence-electron chi connectivity index (χ2n) is 6.49. The van der Waals surface area contributed by atoms with Crippen molar-refractivity contribution in [1.29, 1.82) is 0 Å². The van der Waals surface area contributed by atoms with E-state index in [9.17, 15) is 4.79 Å². The largest absolute Gasteiger partial charge is 0.497 e. The van der Waals surface area contributed by atoms with E-state index in [1.165, 1.54) is 4.90 Å². The molecule has 3 rings (SSSR count). The summed E-state index contributed by atoms with van der Waals surface area (Å²) in [5.74, 6) is 1.50. The molecule has 5 nitrogen and oxygen atoms in total. The zero-order chi connectivity index (χ0) is 20.5. The molecule has 29 heavy (non-hydrogen) atoms. The fourth-order valence-corrected chi connectivity index (χ4v) is 2.89. The molecule has 1 atom stereocenters. The first-order valence-corrected chi connectivity index (χ1v) is 9.48. The normalized spacial score (nSPS) is 11.4. The van der Waals surface area contributed by atoms with Gasteiger partial charge in [-0.25, -0.2) is 4.79 Å². The van der Waals surface area contributed by atoms with E-state index < -0.39 is 6.09 Å². The number of ether oxygens (including phenoxy) is 3. The van der Waals surface area contributed by atoms with Gasteiger partial charge in [0.25, 0.3) is 0 Å². The molecule has 0 saturated heterocycles. The molecule has 0 aliphatic rings. The molecule has 0 spiro atoms. The highest BCUT2D eigenvalue weighted by atomic mass is 16.6. The Morgan fingerprint density at radius 3 is 2.07 bits per heavy atom. The number of para-hydroxylation sites is 1. The first-order valence-electron chi connectivity index (χ1n) is 9.48. The van der Waals surface area contributed by atoms with Gasteiger partial charge < -0.3 is 14.2 Å². The predicted octanol–water partition coefficient (Wildman–Crippen LogP) is 5.48. The first-order chi connectivity index (χ1) is 14.2. The Morgan fingerprint density at radius 1 is 0.862 bits per heavy atom. The molecule has 0 radical (unpaired) electrons. The Bertz CT molecular complexity index is 882. The van der Waals surface area contributed by atoms with Gasteiger partial charge in [0.05, 0.1) is 13.7 Å². The van der Waals surface area contributed by atoms with Gasteiger partial charge in [-0.3, -0.25) is 4.90 Å². The molecule has 1 unspecified atom stereocenters. The number of hydrogen-bond acceptors (Lipinski definition) is 4.